The van der Waals surface area contributed by atoms with E-state index in [1.807, 2.05) is 13.8 Å². The molecule has 0 spiro atoms. The van der Waals surface area contributed by atoms with Gasteiger partial charge in [0, 0.05) is 12.1 Å². The second-order valence-corrected chi connectivity index (χ2v) is 4.59. The highest BCUT2D eigenvalue weighted by Gasteiger charge is 2.10. The van der Waals surface area contributed by atoms with Crippen LogP contribution in [0.15, 0.2) is 24.3 Å². The van der Waals surface area contributed by atoms with Crippen molar-refractivity contribution in [2.75, 3.05) is 13.7 Å². The predicted octanol–water partition coefficient (Wildman–Crippen LogP) is 1.83. The molecule has 0 aliphatic carbocycles. The van der Waals surface area contributed by atoms with Crippen LogP contribution >= 0.6 is 0 Å². The third-order valence-corrected chi connectivity index (χ3v) is 2.83. The van der Waals surface area contributed by atoms with Crippen molar-refractivity contribution in [3.05, 3.63) is 29.8 Å². The molecule has 4 heteroatoms. The third kappa shape index (κ3) is 4.37. The van der Waals surface area contributed by atoms with Crippen molar-refractivity contribution in [1.29, 1.82) is 0 Å². The summed E-state index contributed by atoms with van der Waals surface area (Å²) in [6.07, 6.45) is 0.184. The fraction of sp³-hybridized carbons (Fsp3) is 0.500. The molecule has 1 aromatic carbocycles. The molecule has 1 amide bonds. The smallest absolute Gasteiger partial charge is 0.251 e. The number of aliphatic hydroxyl groups excluding tert-OH is 1. The minimum atomic E-state index is -0.379. The molecule has 1 unspecified atom stereocenters. The van der Waals surface area contributed by atoms with Crippen molar-refractivity contribution in [2.45, 2.75) is 26.4 Å². The van der Waals surface area contributed by atoms with Crippen LogP contribution in [-0.4, -0.2) is 30.8 Å². The molecule has 0 aliphatic heterocycles. The lowest BCUT2D eigenvalue weighted by Gasteiger charge is -2.14. The quantitative estimate of drug-likeness (QED) is 0.811. The van der Waals surface area contributed by atoms with Gasteiger partial charge in [0.05, 0.1) is 13.2 Å². The van der Waals surface area contributed by atoms with Crippen molar-refractivity contribution in [3.8, 4) is 5.75 Å². The maximum atomic E-state index is 11.8. The first kappa shape index (κ1) is 14.5. The van der Waals surface area contributed by atoms with E-state index >= 15 is 0 Å². The molecule has 0 fully saturated rings. The van der Waals surface area contributed by atoms with Crippen molar-refractivity contribution in [1.82, 2.24) is 5.32 Å². The summed E-state index contributed by atoms with van der Waals surface area (Å²) in [6.45, 7) is 4.37. The van der Waals surface area contributed by atoms with Crippen LogP contribution in [0.5, 0.6) is 5.75 Å². The highest BCUT2D eigenvalue weighted by Crippen LogP contribution is 2.12. The highest BCUT2D eigenvalue weighted by atomic mass is 16.5. The largest absolute Gasteiger partial charge is 0.497 e. The molecule has 1 rings (SSSR count). The number of ether oxygens (including phenoxy) is 1. The van der Waals surface area contributed by atoms with E-state index in [2.05, 4.69) is 5.32 Å². The first-order valence-corrected chi connectivity index (χ1v) is 6.15. The van der Waals surface area contributed by atoms with Crippen molar-refractivity contribution >= 4 is 5.91 Å². The normalized spacial score (nSPS) is 12.3. The molecule has 1 atom stereocenters. The number of carbonyl (C=O) groups excluding carboxylic acids is 1. The monoisotopic (exact) mass is 251 g/mol. The van der Waals surface area contributed by atoms with Crippen molar-refractivity contribution in [3.63, 3.8) is 0 Å². The molecule has 4 nitrogen and oxygen atoms in total. The van der Waals surface area contributed by atoms with E-state index in [9.17, 15) is 9.90 Å². The van der Waals surface area contributed by atoms with Crippen LogP contribution in [0.4, 0.5) is 0 Å². The van der Waals surface area contributed by atoms with E-state index in [-0.39, 0.29) is 17.9 Å². The van der Waals surface area contributed by atoms with Gasteiger partial charge in [0.2, 0.25) is 0 Å². The second kappa shape index (κ2) is 7.01. The summed E-state index contributed by atoms with van der Waals surface area (Å²) in [4.78, 5) is 11.8. The Morgan fingerprint density at radius 3 is 2.78 bits per heavy atom. The summed E-state index contributed by atoms with van der Waals surface area (Å²) >= 11 is 0. The summed E-state index contributed by atoms with van der Waals surface area (Å²) in [6, 6.07) is 6.99. The fourth-order valence-corrected chi connectivity index (χ4v) is 1.53. The average Bonchev–Trinajstić information content (AvgIpc) is 2.38. The molecule has 0 saturated carbocycles. The van der Waals surface area contributed by atoms with Gasteiger partial charge < -0.3 is 15.2 Å². The summed E-state index contributed by atoms with van der Waals surface area (Å²) in [7, 11) is 1.57. The first-order valence-electron chi connectivity index (χ1n) is 6.15. The Hall–Kier alpha value is -1.55. The van der Waals surface area contributed by atoms with Gasteiger partial charge in [0.25, 0.3) is 5.91 Å². The zero-order valence-electron chi connectivity index (χ0n) is 11.1. The van der Waals surface area contributed by atoms with Crippen molar-refractivity contribution in [2.24, 2.45) is 5.92 Å². The Morgan fingerprint density at radius 1 is 1.44 bits per heavy atom. The number of methoxy groups -OCH3 is 1. The molecule has 0 radical (unpaired) electrons. The van der Waals surface area contributed by atoms with E-state index in [1.54, 1.807) is 31.4 Å². The lowest BCUT2D eigenvalue weighted by Crippen LogP contribution is -2.28. The third-order valence-electron chi connectivity index (χ3n) is 2.83. The van der Waals surface area contributed by atoms with E-state index < -0.39 is 0 Å². The molecular formula is C14H21NO3. The number of hydrogen-bond acceptors (Lipinski definition) is 3. The Bertz CT molecular complexity index is 390. The highest BCUT2D eigenvalue weighted by molar-refractivity contribution is 5.94. The Balaban J connectivity index is 2.45. The van der Waals surface area contributed by atoms with Gasteiger partial charge in [-0.2, -0.15) is 0 Å². The zero-order chi connectivity index (χ0) is 13.5. The topological polar surface area (TPSA) is 58.6 Å². The van der Waals surface area contributed by atoms with E-state index in [0.717, 1.165) is 0 Å². The van der Waals surface area contributed by atoms with Crippen LogP contribution in [0.1, 0.15) is 30.6 Å². The Labute approximate surface area is 108 Å². The molecular weight excluding hydrogens is 230 g/mol. The van der Waals surface area contributed by atoms with Gasteiger partial charge in [0.15, 0.2) is 0 Å². The molecule has 1 aromatic rings. The Morgan fingerprint density at radius 2 is 2.17 bits per heavy atom. The number of amides is 1. The maximum absolute atomic E-state index is 11.8. The van der Waals surface area contributed by atoms with Gasteiger partial charge in [-0.3, -0.25) is 4.79 Å². The number of benzene rings is 1. The van der Waals surface area contributed by atoms with E-state index in [0.29, 0.717) is 24.3 Å². The second-order valence-electron chi connectivity index (χ2n) is 4.59. The molecule has 0 saturated heterocycles. The predicted molar refractivity (Wildman–Crippen MR) is 70.8 cm³/mol. The minimum absolute atomic E-state index is 0.148. The Kier molecular flexibility index (Phi) is 5.65. The van der Waals surface area contributed by atoms with Crippen LogP contribution in [0.3, 0.4) is 0 Å². The van der Waals surface area contributed by atoms with Crippen LogP contribution in [0.2, 0.25) is 0 Å². The van der Waals surface area contributed by atoms with Crippen LogP contribution in [-0.2, 0) is 0 Å². The molecule has 18 heavy (non-hydrogen) atoms. The summed E-state index contributed by atoms with van der Waals surface area (Å²) in [5, 5.41) is 12.4. The lowest BCUT2D eigenvalue weighted by atomic mass is 10.0. The van der Waals surface area contributed by atoms with Gasteiger partial charge >= 0.3 is 0 Å². The molecule has 2 N–H and O–H groups in total. The summed E-state index contributed by atoms with van der Waals surface area (Å²) in [5.41, 5.74) is 0.563. The molecule has 0 aromatic heterocycles. The summed E-state index contributed by atoms with van der Waals surface area (Å²) < 4.78 is 5.06. The van der Waals surface area contributed by atoms with Gasteiger partial charge in [-0.25, -0.2) is 0 Å². The minimum Gasteiger partial charge on any atom is -0.497 e. The molecule has 0 heterocycles. The number of rotatable bonds is 6. The first-order chi connectivity index (χ1) is 8.54. The fourth-order valence-electron chi connectivity index (χ4n) is 1.53. The molecule has 100 valence electrons. The van der Waals surface area contributed by atoms with Gasteiger partial charge in [0.1, 0.15) is 5.75 Å². The van der Waals surface area contributed by atoms with E-state index in [1.165, 1.54) is 0 Å². The number of hydrogen-bond donors (Lipinski definition) is 2. The maximum Gasteiger partial charge on any atom is 0.251 e. The lowest BCUT2D eigenvalue weighted by molar-refractivity contribution is 0.0920. The van der Waals surface area contributed by atoms with Gasteiger partial charge in [-0.05, 0) is 30.5 Å². The SMILES string of the molecule is COc1cccc(C(=O)NCCC(O)C(C)C)c1. The van der Waals surface area contributed by atoms with Crippen LogP contribution < -0.4 is 10.1 Å². The number of nitrogens with one attached hydrogen (secondary N) is 1. The van der Waals surface area contributed by atoms with Crippen molar-refractivity contribution < 1.29 is 14.6 Å². The molecule has 0 aliphatic rings. The van der Waals surface area contributed by atoms with Crippen LogP contribution in [0, 0.1) is 5.92 Å². The van der Waals surface area contributed by atoms with E-state index in [4.69, 9.17) is 4.74 Å². The number of aliphatic hydroxyl groups is 1. The number of carbonyl (C=O) groups is 1. The van der Waals surface area contributed by atoms with Crippen LogP contribution in [0.25, 0.3) is 0 Å². The summed E-state index contributed by atoms with van der Waals surface area (Å²) in [5.74, 6) is 0.716. The van der Waals surface area contributed by atoms with Gasteiger partial charge in [-0.15, -0.1) is 0 Å². The molecule has 0 bridgehead atoms. The average molecular weight is 251 g/mol. The van der Waals surface area contributed by atoms with Gasteiger partial charge in [-0.1, -0.05) is 19.9 Å². The standard InChI is InChI=1S/C14H21NO3/c1-10(2)13(16)7-8-15-14(17)11-5-4-6-12(9-11)18-3/h4-6,9-10,13,16H,7-8H2,1-3H3,(H,15,17). The zero-order valence-corrected chi connectivity index (χ0v) is 11.1.